The molecule has 3 rings (SSSR count). The Balaban J connectivity index is 1.94. The molecule has 1 heterocycles. The van der Waals surface area contributed by atoms with Gasteiger partial charge in [-0.05, 0) is 49.1 Å². The summed E-state index contributed by atoms with van der Waals surface area (Å²) in [5.41, 5.74) is 10.4. The fraction of sp³-hybridized carbons (Fsp3) is 0.769. The summed E-state index contributed by atoms with van der Waals surface area (Å²) < 4.78 is 0. The maximum Gasteiger partial charge on any atom is 0.0696 e. The summed E-state index contributed by atoms with van der Waals surface area (Å²) in [5, 5.41) is 7.81. The molecule has 88 valence electrons. The fourth-order valence-corrected chi connectivity index (χ4v) is 3.49. The van der Waals surface area contributed by atoms with Crippen molar-refractivity contribution in [2.24, 2.45) is 17.1 Å². The molecule has 2 aliphatic carbocycles. The number of nitrogens with zero attached hydrogens (tertiary/aromatic N) is 1. The summed E-state index contributed by atoms with van der Waals surface area (Å²) in [7, 11) is 0. The van der Waals surface area contributed by atoms with E-state index in [1.54, 1.807) is 0 Å². The van der Waals surface area contributed by atoms with Crippen LogP contribution in [0.1, 0.15) is 49.6 Å². The summed E-state index contributed by atoms with van der Waals surface area (Å²) >= 11 is 0. The van der Waals surface area contributed by atoms with Crippen LogP contribution in [0.4, 0.5) is 0 Å². The molecule has 0 amide bonds. The molecule has 0 bridgehead atoms. The molecule has 0 radical (unpaired) electrons. The van der Waals surface area contributed by atoms with Crippen molar-refractivity contribution >= 4 is 0 Å². The van der Waals surface area contributed by atoms with Gasteiger partial charge in [-0.25, -0.2) is 0 Å². The van der Waals surface area contributed by atoms with Gasteiger partial charge in [-0.3, -0.25) is 5.10 Å². The van der Waals surface area contributed by atoms with Crippen molar-refractivity contribution in [1.82, 2.24) is 10.2 Å². The van der Waals surface area contributed by atoms with Crippen LogP contribution in [-0.4, -0.2) is 16.7 Å². The number of hydrogen-bond donors (Lipinski definition) is 2. The van der Waals surface area contributed by atoms with Gasteiger partial charge in [0.15, 0.2) is 0 Å². The molecule has 0 spiro atoms. The van der Waals surface area contributed by atoms with E-state index < -0.39 is 0 Å². The van der Waals surface area contributed by atoms with Crippen molar-refractivity contribution in [2.75, 3.05) is 6.54 Å². The third-order valence-corrected chi connectivity index (χ3v) is 4.69. The molecule has 16 heavy (non-hydrogen) atoms. The van der Waals surface area contributed by atoms with E-state index in [-0.39, 0.29) is 0 Å². The van der Waals surface area contributed by atoms with Crippen LogP contribution >= 0.6 is 0 Å². The Hall–Kier alpha value is -0.830. The molecule has 3 heteroatoms. The minimum Gasteiger partial charge on any atom is -0.330 e. The Morgan fingerprint density at radius 3 is 2.81 bits per heavy atom. The van der Waals surface area contributed by atoms with Crippen LogP contribution in [0, 0.1) is 11.3 Å². The quantitative estimate of drug-likeness (QED) is 0.799. The predicted octanol–water partition coefficient (Wildman–Crippen LogP) is 1.99. The molecule has 0 aromatic carbocycles. The second-order valence-electron chi connectivity index (χ2n) is 5.91. The van der Waals surface area contributed by atoms with E-state index in [9.17, 15) is 0 Å². The van der Waals surface area contributed by atoms with Gasteiger partial charge in [0.25, 0.3) is 0 Å². The Labute approximate surface area is 96.8 Å². The standard InChI is InChI=1S/C13H21N3/c1-13(2)9(7-14)11(13)12-8-5-3-4-6-10(8)15-16-12/h9,11H,3-7,14H2,1-2H3,(H,15,16)/t9-,11+/m1/s1. The Bertz CT molecular complexity index is 405. The van der Waals surface area contributed by atoms with Crippen LogP contribution in [0.25, 0.3) is 0 Å². The first kappa shape index (κ1) is 10.3. The van der Waals surface area contributed by atoms with Gasteiger partial charge in [-0.2, -0.15) is 5.10 Å². The van der Waals surface area contributed by atoms with Gasteiger partial charge >= 0.3 is 0 Å². The minimum absolute atomic E-state index is 0.356. The van der Waals surface area contributed by atoms with E-state index in [0.717, 1.165) is 6.54 Å². The molecule has 3 N–H and O–H groups in total. The average molecular weight is 219 g/mol. The first-order valence-electron chi connectivity index (χ1n) is 6.42. The third-order valence-electron chi connectivity index (χ3n) is 4.69. The van der Waals surface area contributed by atoms with Gasteiger partial charge < -0.3 is 5.73 Å². The monoisotopic (exact) mass is 219 g/mol. The predicted molar refractivity (Wildman–Crippen MR) is 64.3 cm³/mol. The highest BCUT2D eigenvalue weighted by Gasteiger charge is 2.59. The lowest BCUT2D eigenvalue weighted by Gasteiger charge is -2.11. The summed E-state index contributed by atoms with van der Waals surface area (Å²) in [6.45, 7) is 5.43. The van der Waals surface area contributed by atoms with E-state index in [0.29, 0.717) is 17.3 Å². The minimum atomic E-state index is 0.356. The van der Waals surface area contributed by atoms with Crippen molar-refractivity contribution in [2.45, 2.75) is 45.4 Å². The van der Waals surface area contributed by atoms with Gasteiger partial charge in [-0.1, -0.05) is 13.8 Å². The maximum absolute atomic E-state index is 5.84. The number of nitrogens with two attached hydrogens (primary N) is 1. The van der Waals surface area contributed by atoms with Crippen LogP contribution in [0.2, 0.25) is 0 Å². The Morgan fingerprint density at radius 1 is 1.38 bits per heavy atom. The largest absolute Gasteiger partial charge is 0.330 e. The van der Waals surface area contributed by atoms with Crippen LogP contribution in [0.3, 0.4) is 0 Å². The van der Waals surface area contributed by atoms with Crippen molar-refractivity contribution in [3.05, 3.63) is 17.0 Å². The number of nitrogens with one attached hydrogen (secondary N) is 1. The molecule has 3 nitrogen and oxygen atoms in total. The number of hydrogen-bond acceptors (Lipinski definition) is 2. The number of rotatable bonds is 2. The molecule has 0 saturated heterocycles. The Kier molecular flexibility index (Phi) is 2.15. The lowest BCUT2D eigenvalue weighted by Crippen LogP contribution is -2.05. The second kappa shape index (κ2) is 3.33. The normalized spacial score (nSPS) is 31.2. The first-order valence-corrected chi connectivity index (χ1v) is 6.42. The van der Waals surface area contributed by atoms with Crippen LogP contribution in [-0.2, 0) is 12.8 Å². The SMILES string of the molecule is CC1(C)[C@H](CN)[C@H]1c1n[nH]c2c1CCCC2. The van der Waals surface area contributed by atoms with Gasteiger partial charge in [0, 0.05) is 11.6 Å². The zero-order valence-corrected chi connectivity index (χ0v) is 10.2. The lowest BCUT2D eigenvalue weighted by atomic mass is 9.93. The average Bonchev–Trinajstić information content (AvgIpc) is 2.66. The van der Waals surface area contributed by atoms with E-state index >= 15 is 0 Å². The fourth-order valence-electron chi connectivity index (χ4n) is 3.49. The number of aryl methyl sites for hydroxylation is 1. The summed E-state index contributed by atoms with van der Waals surface area (Å²) in [5.74, 6) is 1.22. The zero-order chi connectivity index (χ0) is 11.3. The van der Waals surface area contributed by atoms with Gasteiger partial charge in [0.1, 0.15) is 0 Å². The highest BCUT2D eigenvalue weighted by molar-refractivity contribution is 5.37. The van der Waals surface area contributed by atoms with Gasteiger partial charge in [0.2, 0.25) is 0 Å². The molecule has 0 unspecified atom stereocenters. The van der Waals surface area contributed by atoms with Crippen molar-refractivity contribution in [1.29, 1.82) is 0 Å². The first-order chi connectivity index (χ1) is 7.66. The van der Waals surface area contributed by atoms with Crippen LogP contribution in [0.15, 0.2) is 0 Å². The van der Waals surface area contributed by atoms with Crippen molar-refractivity contribution < 1.29 is 0 Å². The smallest absolute Gasteiger partial charge is 0.0696 e. The van der Waals surface area contributed by atoms with E-state index in [1.807, 2.05) is 0 Å². The molecular weight excluding hydrogens is 198 g/mol. The van der Waals surface area contributed by atoms with Crippen LogP contribution in [0.5, 0.6) is 0 Å². The zero-order valence-electron chi connectivity index (χ0n) is 10.2. The highest BCUT2D eigenvalue weighted by Crippen LogP contribution is 2.64. The van der Waals surface area contributed by atoms with Crippen molar-refractivity contribution in [3.63, 3.8) is 0 Å². The molecule has 1 aromatic heterocycles. The molecular formula is C13H21N3. The lowest BCUT2D eigenvalue weighted by molar-refractivity contribution is 0.556. The molecule has 1 fully saturated rings. The molecule has 2 aliphatic rings. The van der Waals surface area contributed by atoms with E-state index in [2.05, 4.69) is 24.0 Å². The number of H-pyrrole nitrogens is 1. The van der Waals surface area contributed by atoms with E-state index in [4.69, 9.17) is 5.73 Å². The third kappa shape index (κ3) is 1.27. The summed E-state index contributed by atoms with van der Waals surface area (Å²) in [4.78, 5) is 0. The highest BCUT2D eigenvalue weighted by atomic mass is 15.1. The molecule has 1 aromatic rings. The van der Waals surface area contributed by atoms with Gasteiger partial charge in [0.05, 0.1) is 5.69 Å². The number of fused-ring (bicyclic) bond motifs is 1. The molecule has 1 saturated carbocycles. The topological polar surface area (TPSA) is 54.7 Å². The Morgan fingerprint density at radius 2 is 2.12 bits per heavy atom. The molecule has 0 aliphatic heterocycles. The molecule has 2 atom stereocenters. The van der Waals surface area contributed by atoms with Crippen LogP contribution < -0.4 is 5.73 Å². The van der Waals surface area contributed by atoms with Gasteiger partial charge in [-0.15, -0.1) is 0 Å². The number of aromatic amines is 1. The summed E-state index contributed by atoms with van der Waals surface area (Å²) in [6, 6.07) is 0. The number of aromatic nitrogens is 2. The van der Waals surface area contributed by atoms with E-state index in [1.165, 1.54) is 42.6 Å². The summed E-state index contributed by atoms with van der Waals surface area (Å²) in [6.07, 6.45) is 5.02. The second-order valence-corrected chi connectivity index (χ2v) is 5.91. The van der Waals surface area contributed by atoms with Crippen molar-refractivity contribution in [3.8, 4) is 0 Å². The maximum atomic E-state index is 5.84.